The quantitative estimate of drug-likeness (QED) is 0.622. The first-order chi connectivity index (χ1) is 10.7. The maximum absolute atomic E-state index is 5.65. The molecule has 2 heterocycles. The van der Waals surface area contributed by atoms with E-state index in [1.165, 1.54) is 5.45 Å². The Morgan fingerprint density at radius 3 is 2.70 bits per heavy atom. The fourth-order valence-electron chi connectivity index (χ4n) is 2.57. The highest BCUT2D eigenvalue weighted by molar-refractivity contribution is 9.10. The summed E-state index contributed by atoms with van der Waals surface area (Å²) in [5.41, 5.74) is 4.35. The zero-order valence-electron chi connectivity index (χ0n) is 14.3. The molecule has 0 aliphatic rings. The van der Waals surface area contributed by atoms with E-state index < -0.39 is 8.07 Å². The number of nitrogens with zero attached hydrogens (tertiary/aromatic N) is 1. The molecule has 3 nitrogen and oxygen atoms in total. The Hall–Kier alpha value is -1.33. The van der Waals surface area contributed by atoms with Crippen LogP contribution in [-0.4, -0.2) is 18.0 Å². The molecule has 0 radical (unpaired) electrons. The molecule has 0 saturated carbocycles. The van der Waals surface area contributed by atoms with E-state index in [0.717, 1.165) is 33.1 Å². The van der Waals surface area contributed by atoms with Gasteiger partial charge in [0.2, 0.25) is 0 Å². The van der Waals surface area contributed by atoms with Crippen molar-refractivity contribution in [2.75, 3.05) is 0 Å². The Labute approximate surface area is 146 Å². The van der Waals surface area contributed by atoms with Gasteiger partial charge in [0.05, 0.1) is 17.4 Å². The number of benzene rings is 1. The molecule has 3 rings (SSSR count). The van der Waals surface area contributed by atoms with Crippen molar-refractivity contribution in [3.8, 4) is 0 Å². The highest BCUT2D eigenvalue weighted by Gasteiger charge is 2.39. The Morgan fingerprint density at radius 2 is 2.00 bits per heavy atom. The van der Waals surface area contributed by atoms with Crippen LogP contribution in [0.3, 0.4) is 0 Å². The summed E-state index contributed by atoms with van der Waals surface area (Å²) in [5.74, 6) is 0. The lowest BCUT2D eigenvalue weighted by molar-refractivity contribution is 0.612. The Balaban J connectivity index is 1.94. The molecule has 3 aromatic rings. The van der Waals surface area contributed by atoms with E-state index in [1.807, 2.05) is 12.3 Å². The summed E-state index contributed by atoms with van der Waals surface area (Å²) in [4.78, 5) is 8.35. The minimum absolute atomic E-state index is 0.270. The summed E-state index contributed by atoms with van der Waals surface area (Å²) < 4.78 is 6.73. The van der Waals surface area contributed by atoms with Gasteiger partial charge < -0.3 is 9.40 Å². The standard InChI is InChI=1S/C18H23BrN2OSi/c1-18(2,3)23(4,5)17-20-11-15(21-17)10-13-9-14(19)8-12-6-7-22-16(12)13/h6-9,11H,10H2,1-5H3,(H,20,21). The maximum Gasteiger partial charge on any atom is 0.137 e. The maximum atomic E-state index is 5.65. The van der Waals surface area contributed by atoms with E-state index in [-0.39, 0.29) is 5.04 Å². The minimum Gasteiger partial charge on any atom is -0.464 e. The number of aromatic amines is 1. The van der Waals surface area contributed by atoms with Gasteiger partial charge >= 0.3 is 0 Å². The van der Waals surface area contributed by atoms with Crippen LogP contribution >= 0.6 is 15.9 Å². The lowest BCUT2D eigenvalue weighted by Gasteiger charge is -2.34. The second-order valence-electron chi connectivity index (χ2n) is 7.70. The number of hydrogen-bond acceptors (Lipinski definition) is 2. The Kier molecular flexibility index (Phi) is 4.05. The number of halogens is 1. The fourth-order valence-corrected chi connectivity index (χ4v) is 4.66. The van der Waals surface area contributed by atoms with E-state index >= 15 is 0 Å². The lowest BCUT2D eigenvalue weighted by atomic mass is 10.1. The molecule has 0 aliphatic carbocycles. The topological polar surface area (TPSA) is 41.8 Å². The summed E-state index contributed by atoms with van der Waals surface area (Å²) in [6.45, 7) is 11.7. The molecule has 0 saturated heterocycles. The Morgan fingerprint density at radius 1 is 1.26 bits per heavy atom. The molecule has 0 bridgehead atoms. The molecule has 0 fully saturated rings. The second-order valence-corrected chi connectivity index (χ2v) is 13.8. The summed E-state index contributed by atoms with van der Waals surface area (Å²) >= 11 is 3.58. The first-order valence-corrected chi connectivity index (χ1v) is 11.7. The van der Waals surface area contributed by atoms with Crippen LogP contribution < -0.4 is 5.45 Å². The number of fused-ring (bicyclic) bond motifs is 1. The van der Waals surface area contributed by atoms with Crippen molar-refractivity contribution < 1.29 is 4.42 Å². The molecule has 5 heteroatoms. The molecule has 1 aromatic carbocycles. The van der Waals surface area contributed by atoms with E-state index in [4.69, 9.17) is 9.40 Å². The van der Waals surface area contributed by atoms with Gasteiger partial charge in [-0.3, -0.25) is 0 Å². The average molecular weight is 391 g/mol. The van der Waals surface area contributed by atoms with Crippen molar-refractivity contribution >= 4 is 40.4 Å². The van der Waals surface area contributed by atoms with E-state index in [1.54, 1.807) is 6.26 Å². The first-order valence-electron chi connectivity index (χ1n) is 7.89. The zero-order valence-corrected chi connectivity index (χ0v) is 16.9. The van der Waals surface area contributed by atoms with Crippen molar-refractivity contribution in [1.82, 2.24) is 9.97 Å². The molecular formula is C18H23BrN2OSi. The molecular weight excluding hydrogens is 368 g/mol. The highest BCUT2D eigenvalue weighted by Crippen LogP contribution is 2.35. The average Bonchev–Trinajstić information content (AvgIpc) is 3.05. The lowest BCUT2D eigenvalue weighted by Crippen LogP contribution is -2.51. The normalized spacial score (nSPS) is 13.0. The van der Waals surface area contributed by atoms with Crippen LogP contribution in [-0.2, 0) is 6.42 Å². The van der Waals surface area contributed by atoms with Crippen LogP contribution in [0.25, 0.3) is 11.0 Å². The number of furan rings is 1. The number of aromatic nitrogens is 2. The number of imidazole rings is 1. The number of hydrogen-bond donors (Lipinski definition) is 1. The summed E-state index contributed by atoms with van der Waals surface area (Å²) in [6.07, 6.45) is 4.56. The molecule has 23 heavy (non-hydrogen) atoms. The second kappa shape index (κ2) is 5.63. The van der Waals surface area contributed by atoms with Gasteiger partial charge in [-0.2, -0.15) is 0 Å². The molecule has 0 aliphatic heterocycles. The van der Waals surface area contributed by atoms with Gasteiger partial charge in [-0.25, -0.2) is 4.98 Å². The predicted molar refractivity (Wildman–Crippen MR) is 102 cm³/mol. The molecule has 0 unspecified atom stereocenters. The SMILES string of the molecule is CC(C)(C)[Si](C)(C)c1nc(Cc2cc(Br)cc3ccoc23)c[nH]1. The van der Waals surface area contributed by atoms with Crippen LogP contribution in [0, 0.1) is 0 Å². The van der Waals surface area contributed by atoms with Crippen LogP contribution in [0.15, 0.2) is 39.5 Å². The molecule has 0 amide bonds. The van der Waals surface area contributed by atoms with Gasteiger partial charge in [0.1, 0.15) is 13.7 Å². The molecule has 122 valence electrons. The first kappa shape index (κ1) is 16.5. The third kappa shape index (κ3) is 3.04. The van der Waals surface area contributed by atoms with E-state index in [2.05, 4.69) is 66.9 Å². The van der Waals surface area contributed by atoms with Crippen molar-refractivity contribution in [2.45, 2.75) is 45.3 Å². The van der Waals surface area contributed by atoms with Crippen molar-refractivity contribution in [3.63, 3.8) is 0 Å². The monoisotopic (exact) mass is 390 g/mol. The zero-order chi connectivity index (χ0) is 16.8. The van der Waals surface area contributed by atoms with Gasteiger partial charge in [0.25, 0.3) is 0 Å². The third-order valence-corrected chi connectivity index (χ3v) is 10.7. The van der Waals surface area contributed by atoms with Crippen LogP contribution in [0.2, 0.25) is 18.1 Å². The highest BCUT2D eigenvalue weighted by atomic mass is 79.9. The third-order valence-electron chi connectivity index (χ3n) is 5.06. The smallest absolute Gasteiger partial charge is 0.137 e. The number of H-pyrrole nitrogens is 1. The molecule has 0 spiro atoms. The van der Waals surface area contributed by atoms with Crippen LogP contribution in [0.1, 0.15) is 32.0 Å². The molecule has 2 aromatic heterocycles. The number of nitrogens with one attached hydrogen (secondary N) is 1. The minimum atomic E-state index is -1.63. The van der Waals surface area contributed by atoms with Crippen molar-refractivity contribution in [1.29, 1.82) is 0 Å². The summed E-state index contributed by atoms with van der Waals surface area (Å²) in [5, 5.41) is 1.39. The van der Waals surface area contributed by atoms with Gasteiger partial charge in [-0.15, -0.1) is 0 Å². The molecule has 0 atom stereocenters. The summed E-state index contributed by atoms with van der Waals surface area (Å²) in [6, 6.07) is 6.19. The summed E-state index contributed by atoms with van der Waals surface area (Å²) in [7, 11) is -1.63. The fraction of sp³-hybridized carbons (Fsp3) is 0.389. The van der Waals surface area contributed by atoms with Crippen molar-refractivity contribution in [3.05, 3.63) is 46.4 Å². The van der Waals surface area contributed by atoms with E-state index in [9.17, 15) is 0 Å². The Bertz CT molecular complexity index is 842. The van der Waals surface area contributed by atoms with Gasteiger partial charge in [-0.1, -0.05) is 49.8 Å². The largest absolute Gasteiger partial charge is 0.464 e. The predicted octanol–water partition coefficient (Wildman–Crippen LogP) is 5.22. The number of rotatable bonds is 3. The van der Waals surface area contributed by atoms with Crippen molar-refractivity contribution in [2.24, 2.45) is 0 Å². The van der Waals surface area contributed by atoms with Crippen LogP contribution in [0.5, 0.6) is 0 Å². The van der Waals surface area contributed by atoms with Crippen LogP contribution in [0.4, 0.5) is 0 Å². The van der Waals surface area contributed by atoms with Gasteiger partial charge in [0, 0.05) is 28.0 Å². The van der Waals surface area contributed by atoms with Gasteiger partial charge in [-0.05, 0) is 23.2 Å². The van der Waals surface area contributed by atoms with Gasteiger partial charge in [0.15, 0.2) is 0 Å². The van der Waals surface area contributed by atoms with E-state index in [0.29, 0.717) is 0 Å². The molecule has 1 N–H and O–H groups in total.